The lowest BCUT2D eigenvalue weighted by Crippen LogP contribution is -2.34. The summed E-state index contributed by atoms with van der Waals surface area (Å²) in [5.41, 5.74) is 3.08. The van der Waals surface area contributed by atoms with Gasteiger partial charge >= 0.3 is 0 Å². The van der Waals surface area contributed by atoms with E-state index < -0.39 is 24.2 Å². The number of amides is 3. The van der Waals surface area contributed by atoms with Gasteiger partial charge in [0.1, 0.15) is 0 Å². The molecular weight excluding hydrogens is 634 g/mol. The molecule has 0 spiro atoms. The predicted molar refractivity (Wildman–Crippen MR) is 188 cm³/mol. The number of nitrogens with zero attached hydrogens (tertiary/aromatic N) is 3. The Morgan fingerprint density at radius 2 is 1.42 bits per heavy atom. The molecule has 0 unspecified atom stereocenters. The maximum absolute atomic E-state index is 15.7. The van der Waals surface area contributed by atoms with Crippen molar-refractivity contribution in [3.8, 4) is 11.1 Å². The van der Waals surface area contributed by atoms with E-state index in [1.54, 1.807) is 59.5 Å². The molecule has 0 bridgehead atoms. The molecule has 6 rings (SSSR count). The Hall–Kier alpha value is -4.86. The fraction of sp³-hybridized carbons (Fsp3) is 0.237. The van der Waals surface area contributed by atoms with Gasteiger partial charge in [-0.25, -0.2) is 8.78 Å². The fourth-order valence-corrected chi connectivity index (χ4v) is 6.12. The van der Waals surface area contributed by atoms with Gasteiger partial charge in [0.15, 0.2) is 0 Å². The normalized spacial score (nSPS) is 17.0. The van der Waals surface area contributed by atoms with Crippen LogP contribution in [0.5, 0.6) is 0 Å². The molecule has 0 saturated carbocycles. The molecule has 1 saturated heterocycles. The average molecular weight is 671 g/mol. The highest BCUT2D eigenvalue weighted by atomic mass is 35.5. The van der Waals surface area contributed by atoms with E-state index >= 15 is 8.78 Å². The molecule has 4 aromatic carbocycles. The third kappa shape index (κ3) is 7.48. The van der Waals surface area contributed by atoms with Crippen LogP contribution in [-0.2, 0) is 4.79 Å². The van der Waals surface area contributed by atoms with Crippen molar-refractivity contribution in [2.75, 3.05) is 50.0 Å². The van der Waals surface area contributed by atoms with E-state index in [0.717, 1.165) is 30.2 Å². The molecule has 0 radical (unpaired) electrons. The Morgan fingerprint density at radius 1 is 0.750 bits per heavy atom. The van der Waals surface area contributed by atoms with Gasteiger partial charge in [-0.05, 0) is 67.5 Å². The van der Waals surface area contributed by atoms with E-state index in [0.29, 0.717) is 36.6 Å². The fourth-order valence-electron chi connectivity index (χ4n) is 6.12. The van der Waals surface area contributed by atoms with Gasteiger partial charge in [-0.3, -0.25) is 14.4 Å². The summed E-state index contributed by atoms with van der Waals surface area (Å²) in [5, 5.41) is 2.90. The lowest BCUT2D eigenvalue weighted by Gasteiger charge is -2.23. The van der Waals surface area contributed by atoms with Crippen LogP contribution in [0, 0.1) is 0 Å². The summed E-state index contributed by atoms with van der Waals surface area (Å²) < 4.78 is 31.5. The quantitative estimate of drug-likeness (QED) is 0.227. The Kier molecular flexibility index (Phi) is 10.7. The van der Waals surface area contributed by atoms with Crippen molar-refractivity contribution in [2.24, 2.45) is 0 Å². The summed E-state index contributed by atoms with van der Waals surface area (Å²) in [5.74, 6) is -4.53. The predicted octanol–water partition coefficient (Wildman–Crippen LogP) is 7.26. The summed E-state index contributed by atoms with van der Waals surface area (Å²) in [4.78, 5) is 45.4. The molecule has 248 valence electrons. The first-order chi connectivity index (χ1) is 22.7. The summed E-state index contributed by atoms with van der Waals surface area (Å²) in [6.45, 7) is 2.24. The molecule has 1 N–H and O–H groups in total. The van der Waals surface area contributed by atoms with Crippen LogP contribution in [-0.4, -0.2) is 73.2 Å². The highest BCUT2D eigenvalue weighted by molar-refractivity contribution is 6.11. The lowest BCUT2D eigenvalue weighted by atomic mass is 9.96. The number of alkyl halides is 2. The number of fused-ring (bicyclic) bond motifs is 1. The van der Waals surface area contributed by atoms with Gasteiger partial charge in [0.25, 0.3) is 17.7 Å². The highest BCUT2D eigenvalue weighted by Gasteiger charge is 2.41. The number of anilines is 2. The maximum atomic E-state index is 15.7. The summed E-state index contributed by atoms with van der Waals surface area (Å²) in [6, 6.07) is 29.8. The first-order valence-electron chi connectivity index (χ1n) is 15.8. The molecule has 0 aromatic heterocycles. The number of likely N-dealkylation sites (N-methyl/N-ethyl adjacent to an activating group) is 1. The Morgan fingerprint density at radius 3 is 2.17 bits per heavy atom. The van der Waals surface area contributed by atoms with Crippen LogP contribution in [0.1, 0.15) is 39.1 Å². The number of rotatable bonds is 5. The van der Waals surface area contributed by atoms with Crippen LogP contribution in [0.4, 0.5) is 20.2 Å². The zero-order valence-electron chi connectivity index (χ0n) is 26.6. The monoisotopic (exact) mass is 670 g/mol. The number of carbonyl (C=O) groups is 3. The van der Waals surface area contributed by atoms with Crippen LogP contribution in [0.3, 0.4) is 0 Å². The number of halogens is 3. The molecular formula is C38H37ClF2N4O3. The number of carbonyl (C=O) groups excluding carboxylic acids is 3. The van der Waals surface area contributed by atoms with Gasteiger partial charge in [-0.1, -0.05) is 66.7 Å². The summed E-state index contributed by atoms with van der Waals surface area (Å²) in [6.07, 6.45) is 1.19. The van der Waals surface area contributed by atoms with E-state index in [4.69, 9.17) is 0 Å². The number of allylic oxidation sites excluding steroid dienone is 1. The van der Waals surface area contributed by atoms with Gasteiger partial charge in [0.2, 0.25) is 5.91 Å². The van der Waals surface area contributed by atoms with Crippen molar-refractivity contribution in [1.29, 1.82) is 0 Å². The van der Waals surface area contributed by atoms with Gasteiger partial charge in [0, 0.05) is 66.6 Å². The second-order valence-corrected chi connectivity index (χ2v) is 11.9. The van der Waals surface area contributed by atoms with E-state index in [1.807, 2.05) is 49.5 Å². The topological polar surface area (TPSA) is 73.0 Å². The van der Waals surface area contributed by atoms with E-state index in [9.17, 15) is 14.4 Å². The van der Waals surface area contributed by atoms with Crippen LogP contribution in [0.15, 0.2) is 109 Å². The van der Waals surface area contributed by atoms with Crippen molar-refractivity contribution >= 4 is 47.1 Å². The maximum Gasteiger partial charge on any atom is 0.275 e. The van der Waals surface area contributed by atoms with Gasteiger partial charge in [-0.2, -0.15) is 0 Å². The van der Waals surface area contributed by atoms with Crippen molar-refractivity contribution < 1.29 is 23.2 Å². The number of hydrogen-bond acceptors (Lipinski definition) is 4. The lowest BCUT2D eigenvalue weighted by molar-refractivity contribution is -0.126. The Bertz CT molecular complexity index is 1810. The average Bonchev–Trinajstić information content (AvgIpc) is 3.37. The summed E-state index contributed by atoms with van der Waals surface area (Å²) >= 11 is 0. The molecule has 0 aliphatic carbocycles. The third-order valence-electron chi connectivity index (χ3n) is 8.72. The molecule has 10 heteroatoms. The molecule has 0 atom stereocenters. The summed E-state index contributed by atoms with van der Waals surface area (Å²) in [7, 11) is 1.98. The van der Waals surface area contributed by atoms with E-state index in [1.165, 1.54) is 11.0 Å². The first-order valence-corrected chi connectivity index (χ1v) is 15.8. The smallest absolute Gasteiger partial charge is 0.275 e. The molecule has 2 aliphatic heterocycles. The third-order valence-corrected chi connectivity index (χ3v) is 8.72. The van der Waals surface area contributed by atoms with Crippen LogP contribution in [0.2, 0.25) is 0 Å². The minimum absolute atomic E-state index is 0. The number of nitrogens with one attached hydrogen (secondary N) is 1. The second kappa shape index (κ2) is 14.9. The van der Waals surface area contributed by atoms with E-state index in [2.05, 4.69) is 10.2 Å². The minimum Gasteiger partial charge on any atom is -0.338 e. The largest absolute Gasteiger partial charge is 0.338 e. The molecule has 48 heavy (non-hydrogen) atoms. The molecule has 2 aliphatic rings. The molecule has 4 aromatic rings. The molecule has 3 amide bonds. The minimum atomic E-state index is -3.33. The number of hydrogen-bond donors (Lipinski definition) is 1. The molecule has 2 heterocycles. The van der Waals surface area contributed by atoms with Gasteiger partial charge < -0.3 is 20.0 Å². The second-order valence-electron chi connectivity index (χ2n) is 11.9. The molecule has 7 nitrogen and oxygen atoms in total. The van der Waals surface area contributed by atoms with E-state index in [-0.39, 0.29) is 41.6 Å². The standard InChI is InChI=1S/C38H36F2N4O3.ClH/c1-42-21-9-22-43(25-24-42)35(45)26-33-32-14-7-8-15-34(32)44(23-20-38(33,39)40)37(47)28-16-18-29(19-17-28)41-36(46)31-13-6-5-12-30(31)27-10-3-2-4-11-27;/h2-8,10-19,26H,9,20-25H2,1H3,(H,41,46);1H/b33-26-;. The van der Waals surface area contributed by atoms with Crippen LogP contribution >= 0.6 is 12.4 Å². The number of para-hydroxylation sites is 1. The molecule has 1 fully saturated rings. The van der Waals surface area contributed by atoms with Crippen molar-refractivity contribution in [3.05, 3.63) is 126 Å². The SMILES string of the molecule is CN1CCCN(C(=O)/C=C2/c3ccccc3N(C(=O)c3ccc(NC(=O)c4ccccc4-c4ccccc4)cc3)CCC2(F)F)CC1.Cl. The van der Waals surface area contributed by atoms with Crippen LogP contribution < -0.4 is 10.2 Å². The van der Waals surface area contributed by atoms with Crippen molar-refractivity contribution in [1.82, 2.24) is 9.80 Å². The first kappa shape index (κ1) is 34.5. The van der Waals surface area contributed by atoms with Crippen molar-refractivity contribution in [3.63, 3.8) is 0 Å². The van der Waals surface area contributed by atoms with Crippen LogP contribution in [0.25, 0.3) is 16.7 Å². The van der Waals surface area contributed by atoms with Gasteiger partial charge in [-0.15, -0.1) is 12.4 Å². The zero-order chi connectivity index (χ0) is 33.0. The Labute approximate surface area is 285 Å². The number of benzene rings is 4. The van der Waals surface area contributed by atoms with Gasteiger partial charge in [0.05, 0.1) is 5.69 Å². The Balaban J connectivity index is 0.00000451. The zero-order valence-corrected chi connectivity index (χ0v) is 27.4. The van der Waals surface area contributed by atoms with Crippen molar-refractivity contribution in [2.45, 2.75) is 18.8 Å². The highest BCUT2D eigenvalue weighted by Crippen LogP contribution is 2.43.